The molecule has 1 N–H and O–H groups in total. The molecule has 0 radical (unpaired) electrons. The van der Waals surface area contributed by atoms with Gasteiger partial charge >= 0.3 is 6.03 Å². The summed E-state index contributed by atoms with van der Waals surface area (Å²) in [6, 6.07) is 8.12. The number of carbonyl (C=O) groups excluding carboxylic acids is 1. The van der Waals surface area contributed by atoms with Crippen molar-refractivity contribution in [3.63, 3.8) is 0 Å². The average molecular weight is 362 g/mol. The van der Waals surface area contributed by atoms with Gasteiger partial charge in [-0.2, -0.15) is 0 Å². The molecule has 1 aromatic heterocycles. The molecule has 0 atom stereocenters. The summed E-state index contributed by atoms with van der Waals surface area (Å²) in [6.07, 6.45) is 0. The molecule has 6 heteroatoms. The summed E-state index contributed by atoms with van der Waals surface area (Å²) in [5.74, 6) is 0.844. The molecule has 2 aromatic rings. The number of benzene rings is 1. The third-order valence-electron chi connectivity index (χ3n) is 3.58. The van der Waals surface area contributed by atoms with Crippen molar-refractivity contribution >= 4 is 17.4 Å². The van der Waals surface area contributed by atoms with E-state index >= 15 is 0 Å². The number of nitrogens with one attached hydrogen (secondary N) is 1. The van der Waals surface area contributed by atoms with Crippen LogP contribution in [-0.4, -0.2) is 28.0 Å². The molecule has 2 rings (SSSR count). The number of aryl methyl sites for hydroxylation is 1. The number of carbonyl (C=O) groups is 1. The minimum Gasteiger partial charge on any atom is -0.486 e. The molecular weight excluding hydrogens is 334 g/mol. The first-order valence-corrected chi connectivity index (χ1v) is 9.43. The molecule has 1 aromatic carbocycles. The number of hydrogen-bond donors (Lipinski definition) is 1. The Bertz CT molecular complexity index is 697. The monoisotopic (exact) mass is 361 g/mol. The maximum atomic E-state index is 12.3. The Hall–Kier alpha value is -2.08. The van der Waals surface area contributed by atoms with E-state index in [2.05, 4.69) is 10.3 Å². The largest absolute Gasteiger partial charge is 0.486 e. The van der Waals surface area contributed by atoms with Gasteiger partial charge in [0.25, 0.3) is 0 Å². The van der Waals surface area contributed by atoms with Crippen LogP contribution in [0.1, 0.15) is 44.0 Å². The predicted molar refractivity (Wildman–Crippen MR) is 102 cm³/mol. The zero-order chi connectivity index (χ0) is 18.4. The Balaban J connectivity index is 1.96. The van der Waals surface area contributed by atoms with Gasteiger partial charge in [-0.15, -0.1) is 11.3 Å². The maximum absolute atomic E-state index is 12.3. The van der Waals surface area contributed by atoms with Crippen molar-refractivity contribution in [2.24, 2.45) is 0 Å². The lowest BCUT2D eigenvalue weighted by Gasteiger charge is -2.27. The van der Waals surface area contributed by atoms with Crippen molar-refractivity contribution in [3.05, 3.63) is 45.9 Å². The first kappa shape index (κ1) is 19.2. The van der Waals surface area contributed by atoms with Crippen LogP contribution in [0.5, 0.6) is 5.75 Å². The number of nitrogens with zero attached hydrogens (tertiary/aromatic N) is 2. The van der Waals surface area contributed by atoms with E-state index in [1.807, 2.05) is 64.3 Å². The van der Waals surface area contributed by atoms with E-state index in [-0.39, 0.29) is 18.1 Å². The molecule has 1 heterocycles. The van der Waals surface area contributed by atoms with Crippen molar-refractivity contribution in [2.75, 3.05) is 0 Å². The second kappa shape index (κ2) is 8.85. The van der Waals surface area contributed by atoms with E-state index in [1.54, 1.807) is 16.2 Å². The smallest absolute Gasteiger partial charge is 0.318 e. The Morgan fingerprint density at radius 3 is 2.72 bits per heavy atom. The molecule has 0 fully saturated rings. The van der Waals surface area contributed by atoms with Crippen LogP contribution in [0.4, 0.5) is 4.79 Å². The molecule has 0 saturated heterocycles. The van der Waals surface area contributed by atoms with Crippen LogP contribution in [-0.2, 0) is 13.2 Å². The van der Waals surface area contributed by atoms with Gasteiger partial charge in [-0.25, -0.2) is 9.78 Å². The van der Waals surface area contributed by atoms with Crippen LogP contribution < -0.4 is 10.1 Å². The molecule has 0 spiro atoms. The highest BCUT2D eigenvalue weighted by Crippen LogP contribution is 2.18. The molecule has 0 aliphatic rings. The van der Waals surface area contributed by atoms with Crippen LogP contribution >= 0.6 is 11.3 Å². The van der Waals surface area contributed by atoms with Gasteiger partial charge in [0, 0.05) is 17.5 Å². The van der Waals surface area contributed by atoms with Crippen LogP contribution in [0.25, 0.3) is 0 Å². The topological polar surface area (TPSA) is 54.5 Å². The number of rotatable bonds is 7. The van der Waals surface area contributed by atoms with Crippen molar-refractivity contribution in [2.45, 2.75) is 59.9 Å². The number of aromatic nitrogens is 1. The zero-order valence-corrected chi connectivity index (χ0v) is 16.4. The number of ether oxygens (including phenoxy) is 1. The maximum Gasteiger partial charge on any atom is 0.318 e. The summed E-state index contributed by atoms with van der Waals surface area (Å²) in [7, 11) is 0. The quantitative estimate of drug-likeness (QED) is 0.797. The Kier molecular flexibility index (Phi) is 6.82. The molecule has 0 bridgehead atoms. The van der Waals surface area contributed by atoms with Crippen LogP contribution in [0.15, 0.2) is 29.6 Å². The standard InChI is InChI=1S/C19H27N3O2S/c1-13(2)20-19(23)22(14(3)4)10-16-12-25-18(21-16)11-24-17-8-6-7-15(5)9-17/h6-9,12-14H,10-11H2,1-5H3,(H,20,23). The van der Waals surface area contributed by atoms with Crippen molar-refractivity contribution in [3.8, 4) is 5.75 Å². The minimum atomic E-state index is -0.0597. The predicted octanol–water partition coefficient (Wildman–Crippen LogP) is 4.36. The zero-order valence-electron chi connectivity index (χ0n) is 15.6. The first-order valence-electron chi connectivity index (χ1n) is 8.55. The Labute approximate surface area is 154 Å². The highest BCUT2D eigenvalue weighted by Gasteiger charge is 2.19. The number of amides is 2. The van der Waals surface area contributed by atoms with Gasteiger partial charge in [-0.3, -0.25) is 0 Å². The van der Waals surface area contributed by atoms with Gasteiger partial charge in [-0.1, -0.05) is 12.1 Å². The molecule has 0 saturated carbocycles. The highest BCUT2D eigenvalue weighted by atomic mass is 32.1. The number of urea groups is 1. The molecule has 0 unspecified atom stereocenters. The normalized spacial score (nSPS) is 11.0. The van der Waals surface area contributed by atoms with Gasteiger partial charge in [0.1, 0.15) is 17.4 Å². The van der Waals surface area contributed by atoms with E-state index in [0.717, 1.165) is 16.5 Å². The second-order valence-electron chi connectivity index (χ2n) is 6.66. The van der Waals surface area contributed by atoms with Gasteiger partial charge in [0.2, 0.25) is 0 Å². The van der Waals surface area contributed by atoms with E-state index in [4.69, 9.17) is 4.74 Å². The SMILES string of the molecule is Cc1cccc(OCc2nc(CN(C(=O)NC(C)C)C(C)C)cs2)c1. The van der Waals surface area contributed by atoms with Crippen LogP contribution in [0, 0.1) is 6.92 Å². The molecule has 25 heavy (non-hydrogen) atoms. The molecule has 0 aliphatic heterocycles. The first-order chi connectivity index (χ1) is 11.8. The van der Waals surface area contributed by atoms with E-state index in [0.29, 0.717) is 13.2 Å². The third kappa shape index (κ3) is 6.05. The van der Waals surface area contributed by atoms with E-state index < -0.39 is 0 Å². The summed E-state index contributed by atoms with van der Waals surface area (Å²) in [4.78, 5) is 18.7. The lowest BCUT2D eigenvalue weighted by Crippen LogP contribution is -2.45. The molecule has 5 nitrogen and oxygen atoms in total. The average Bonchev–Trinajstić information content (AvgIpc) is 2.97. The van der Waals surface area contributed by atoms with Gasteiger partial charge in [-0.05, 0) is 52.3 Å². The van der Waals surface area contributed by atoms with Gasteiger partial charge in [0.15, 0.2) is 0 Å². The Morgan fingerprint density at radius 2 is 2.08 bits per heavy atom. The fourth-order valence-corrected chi connectivity index (χ4v) is 3.03. The fraction of sp³-hybridized carbons (Fsp3) is 0.474. The van der Waals surface area contributed by atoms with Crippen LogP contribution in [0.3, 0.4) is 0 Å². The van der Waals surface area contributed by atoms with Gasteiger partial charge < -0.3 is 15.0 Å². The summed E-state index contributed by atoms with van der Waals surface area (Å²) in [5, 5.41) is 5.84. The van der Waals surface area contributed by atoms with E-state index in [9.17, 15) is 4.79 Å². The minimum absolute atomic E-state index is 0.0597. The third-order valence-corrected chi connectivity index (χ3v) is 4.45. The Morgan fingerprint density at radius 1 is 1.32 bits per heavy atom. The van der Waals surface area contributed by atoms with E-state index in [1.165, 1.54) is 5.56 Å². The fourth-order valence-electron chi connectivity index (χ4n) is 2.33. The molecular formula is C19H27N3O2S. The summed E-state index contributed by atoms with van der Waals surface area (Å²) in [6.45, 7) is 10.9. The van der Waals surface area contributed by atoms with Crippen molar-refractivity contribution < 1.29 is 9.53 Å². The van der Waals surface area contributed by atoms with Crippen molar-refractivity contribution in [1.82, 2.24) is 15.2 Å². The highest BCUT2D eigenvalue weighted by molar-refractivity contribution is 7.09. The number of thiazole rings is 1. The number of hydrogen-bond acceptors (Lipinski definition) is 4. The van der Waals surface area contributed by atoms with Crippen molar-refractivity contribution in [1.29, 1.82) is 0 Å². The second-order valence-corrected chi connectivity index (χ2v) is 7.61. The molecule has 0 aliphatic carbocycles. The van der Waals surface area contributed by atoms with Gasteiger partial charge in [0.05, 0.1) is 12.2 Å². The van der Waals surface area contributed by atoms with Crippen LogP contribution in [0.2, 0.25) is 0 Å². The lowest BCUT2D eigenvalue weighted by atomic mass is 10.2. The summed E-state index contributed by atoms with van der Waals surface area (Å²) < 4.78 is 5.79. The molecule has 136 valence electrons. The molecule has 2 amide bonds. The summed E-state index contributed by atoms with van der Waals surface area (Å²) >= 11 is 1.56. The lowest BCUT2D eigenvalue weighted by molar-refractivity contribution is 0.176. The summed E-state index contributed by atoms with van der Waals surface area (Å²) in [5.41, 5.74) is 2.06.